The number of hydrogen-bond donors (Lipinski definition) is 1. The lowest BCUT2D eigenvalue weighted by Gasteiger charge is -2.44. The van der Waals surface area contributed by atoms with Gasteiger partial charge in [-0.2, -0.15) is 0 Å². The molecule has 1 N–H and O–H groups in total. The Morgan fingerprint density at radius 2 is 2.16 bits per heavy atom. The van der Waals surface area contributed by atoms with E-state index in [1.54, 1.807) is 0 Å². The summed E-state index contributed by atoms with van der Waals surface area (Å²) in [6.45, 7) is 13.4. The Balaban J connectivity index is 2.19. The molecule has 0 bridgehead atoms. The van der Waals surface area contributed by atoms with Crippen LogP contribution in [0.5, 0.6) is 0 Å². The minimum atomic E-state index is 0.0773. The summed E-state index contributed by atoms with van der Waals surface area (Å²) in [4.78, 5) is 2.46. The summed E-state index contributed by atoms with van der Waals surface area (Å²) in [6.07, 6.45) is 0. The van der Waals surface area contributed by atoms with Gasteiger partial charge in [-0.05, 0) is 50.6 Å². The van der Waals surface area contributed by atoms with Crippen LogP contribution >= 0.6 is 0 Å². The molecular formula is C16H26N2O. The predicted molar refractivity (Wildman–Crippen MR) is 80.8 cm³/mol. The Labute approximate surface area is 116 Å². The second-order valence-corrected chi connectivity index (χ2v) is 5.91. The maximum atomic E-state index is 5.59. The van der Waals surface area contributed by atoms with Crippen LogP contribution in [0.15, 0.2) is 18.2 Å². The largest absolute Gasteiger partial charge is 0.377 e. The lowest BCUT2D eigenvalue weighted by molar-refractivity contribution is 0.0644. The van der Waals surface area contributed by atoms with Crippen LogP contribution in [0.3, 0.4) is 0 Å². The topological polar surface area (TPSA) is 24.5 Å². The number of nitrogens with zero attached hydrogens (tertiary/aromatic N) is 1. The molecule has 3 heteroatoms. The van der Waals surface area contributed by atoms with Gasteiger partial charge in [0.05, 0.1) is 18.8 Å². The van der Waals surface area contributed by atoms with Crippen molar-refractivity contribution < 1.29 is 4.74 Å². The first-order valence-electron chi connectivity index (χ1n) is 7.20. The molecule has 1 heterocycles. The summed E-state index contributed by atoms with van der Waals surface area (Å²) in [5, 5.41) is 3.39. The maximum Gasteiger partial charge on any atom is 0.0694 e. The van der Waals surface area contributed by atoms with Gasteiger partial charge in [0.15, 0.2) is 0 Å². The van der Waals surface area contributed by atoms with Gasteiger partial charge in [0.2, 0.25) is 0 Å². The molecule has 1 saturated heterocycles. The van der Waals surface area contributed by atoms with E-state index in [9.17, 15) is 0 Å². The van der Waals surface area contributed by atoms with Crippen LogP contribution in [0, 0.1) is 6.92 Å². The average Bonchev–Trinajstić information content (AvgIpc) is 2.37. The van der Waals surface area contributed by atoms with Gasteiger partial charge in [-0.1, -0.05) is 13.0 Å². The summed E-state index contributed by atoms with van der Waals surface area (Å²) in [7, 11) is 0. The van der Waals surface area contributed by atoms with Crippen LogP contribution in [-0.4, -0.2) is 31.8 Å². The zero-order valence-corrected chi connectivity index (χ0v) is 12.6. The van der Waals surface area contributed by atoms with Crippen molar-refractivity contribution in [3.63, 3.8) is 0 Å². The van der Waals surface area contributed by atoms with E-state index >= 15 is 0 Å². The van der Waals surface area contributed by atoms with Crippen LogP contribution in [0.4, 0.5) is 5.69 Å². The summed E-state index contributed by atoms with van der Waals surface area (Å²) < 4.78 is 5.59. The highest BCUT2D eigenvalue weighted by atomic mass is 16.5. The van der Waals surface area contributed by atoms with Crippen LogP contribution < -0.4 is 10.2 Å². The van der Waals surface area contributed by atoms with Gasteiger partial charge in [-0.15, -0.1) is 0 Å². The lowest BCUT2D eigenvalue weighted by atomic mass is 9.99. The van der Waals surface area contributed by atoms with Crippen molar-refractivity contribution in [3.05, 3.63) is 29.3 Å². The number of aryl methyl sites for hydroxylation is 1. The minimum Gasteiger partial charge on any atom is -0.377 e. The van der Waals surface area contributed by atoms with Crippen LogP contribution in [-0.2, 0) is 11.3 Å². The zero-order valence-electron chi connectivity index (χ0n) is 12.6. The first-order valence-corrected chi connectivity index (χ1v) is 7.20. The molecule has 1 aromatic rings. The molecule has 0 aromatic heterocycles. The molecule has 2 rings (SSSR count). The molecule has 3 nitrogen and oxygen atoms in total. The van der Waals surface area contributed by atoms with E-state index in [1.807, 2.05) is 0 Å². The summed E-state index contributed by atoms with van der Waals surface area (Å²) in [5.41, 5.74) is 4.14. The van der Waals surface area contributed by atoms with Crippen molar-refractivity contribution in [2.75, 3.05) is 31.2 Å². The summed E-state index contributed by atoms with van der Waals surface area (Å²) >= 11 is 0. The zero-order chi connectivity index (χ0) is 13.9. The van der Waals surface area contributed by atoms with Crippen LogP contribution in [0.25, 0.3) is 0 Å². The molecule has 0 amide bonds. The summed E-state index contributed by atoms with van der Waals surface area (Å²) in [5.74, 6) is 0. The van der Waals surface area contributed by atoms with Gasteiger partial charge in [-0.25, -0.2) is 0 Å². The van der Waals surface area contributed by atoms with Gasteiger partial charge in [-0.3, -0.25) is 0 Å². The molecule has 0 atom stereocenters. The van der Waals surface area contributed by atoms with E-state index in [0.717, 1.165) is 32.8 Å². The Morgan fingerprint density at radius 1 is 1.37 bits per heavy atom. The number of benzene rings is 1. The number of ether oxygens (including phenoxy) is 1. The molecule has 0 aliphatic carbocycles. The predicted octanol–water partition coefficient (Wildman–Crippen LogP) is 2.72. The van der Waals surface area contributed by atoms with Crippen molar-refractivity contribution in [1.82, 2.24) is 5.32 Å². The molecule has 1 aromatic carbocycles. The lowest BCUT2D eigenvalue weighted by Crippen LogP contribution is -2.53. The van der Waals surface area contributed by atoms with E-state index in [4.69, 9.17) is 4.74 Å². The maximum absolute atomic E-state index is 5.59. The van der Waals surface area contributed by atoms with E-state index < -0.39 is 0 Å². The fourth-order valence-electron chi connectivity index (χ4n) is 2.64. The monoisotopic (exact) mass is 262 g/mol. The van der Waals surface area contributed by atoms with Crippen molar-refractivity contribution in [2.24, 2.45) is 0 Å². The fourth-order valence-corrected chi connectivity index (χ4v) is 2.64. The highest BCUT2D eigenvalue weighted by molar-refractivity contribution is 5.53. The molecule has 0 unspecified atom stereocenters. The highest BCUT2D eigenvalue weighted by Crippen LogP contribution is 2.28. The van der Waals surface area contributed by atoms with Gasteiger partial charge >= 0.3 is 0 Å². The van der Waals surface area contributed by atoms with Gasteiger partial charge in [0, 0.05) is 18.8 Å². The van der Waals surface area contributed by atoms with E-state index in [2.05, 4.69) is 56.1 Å². The number of rotatable bonds is 4. The van der Waals surface area contributed by atoms with Crippen molar-refractivity contribution in [2.45, 2.75) is 39.8 Å². The Bertz CT molecular complexity index is 429. The Hall–Kier alpha value is -1.06. The Kier molecular flexibility index (Phi) is 4.48. The molecular weight excluding hydrogens is 236 g/mol. The third kappa shape index (κ3) is 3.28. The normalized spacial score (nSPS) is 18.6. The van der Waals surface area contributed by atoms with E-state index in [-0.39, 0.29) is 5.54 Å². The first kappa shape index (κ1) is 14.4. The fraction of sp³-hybridized carbons (Fsp3) is 0.625. The van der Waals surface area contributed by atoms with Crippen LogP contribution in [0.2, 0.25) is 0 Å². The number of nitrogens with one attached hydrogen (secondary N) is 1. The molecule has 0 saturated carbocycles. The molecule has 0 radical (unpaired) electrons. The Morgan fingerprint density at radius 3 is 2.79 bits per heavy atom. The standard InChI is InChI=1S/C16H26N2O/c1-5-17-11-14-6-7-15(10-13(14)2)18-8-9-19-12-16(18,3)4/h6-7,10,17H,5,8-9,11-12H2,1-4H3. The average molecular weight is 262 g/mol. The van der Waals surface area contributed by atoms with Crippen molar-refractivity contribution in [3.8, 4) is 0 Å². The number of morpholine rings is 1. The van der Waals surface area contributed by atoms with Gasteiger partial charge in [0.1, 0.15) is 0 Å². The first-order chi connectivity index (χ1) is 9.04. The van der Waals surface area contributed by atoms with E-state index in [0.29, 0.717) is 0 Å². The summed E-state index contributed by atoms with van der Waals surface area (Å²) in [6, 6.07) is 6.80. The minimum absolute atomic E-state index is 0.0773. The second-order valence-electron chi connectivity index (χ2n) is 5.91. The smallest absolute Gasteiger partial charge is 0.0694 e. The SMILES string of the molecule is CCNCc1ccc(N2CCOCC2(C)C)cc1C. The molecule has 1 fully saturated rings. The van der Waals surface area contributed by atoms with E-state index in [1.165, 1.54) is 16.8 Å². The quantitative estimate of drug-likeness (QED) is 0.903. The van der Waals surface area contributed by atoms with Gasteiger partial charge in [0.25, 0.3) is 0 Å². The van der Waals surface area contributed by atoms with Crippen molar-refractivity contribution in [1.29, 1.82) is 0 Å². The van der Waals surface area contributed by atoms with Crippen LogP contribution in [0.1, 0.15) is 31.9 Å². The molecule has 0 spiro atoms. The van der Waals surface area contributed by atoms with Crippen molar-refractivity contribution >= 4 is 5.69 Å². The van der Waals surface area contributed by atoms with Gasteiger partial charge < -0.3 is 15.0 Å². The molecule has 19 heavy (non-hydrogen) atoms. The number of anilines is 1. The second kappa shape index (κ2) is 5.93. The molecule has 106 valence electrons. The third-order valence-corrected chi connectivity index (χ3v) is 3.85. The highest BCUT2D eigenvalue weighted by Gasteiger charge is 2.30. The number of hydrogen-bond acceptors (Lipinski definition) is 3. The third-order valence-electron chi connectivity index (χ3n) is 3.85. The molecule has 1 aliphatic heterocycles. The molecule has 1 aliphatic rings.